The number of benzene rings is 1. The number of rotatable bonds is 6. The van der Waals surface area contributed by atoms with E-state index < -0.39 is 46.9 Å². The monoisotopic (exact) mass is 294 g/mol. The molecule has 20 heavy (non-hydrogen) atoms. The predicted molar refractivity (Wildman–Crippen MR) is 63.0 cm³/mol. The number of aliphatic hydroxyl groups is 1. The number of nitro groups is 1. The van der Waals surface area contributed by atoms with Crippen LogP contribution in [0.2, 0.25) is 0 Å². The van der Waals surface area contributed by atoms with E-state index in [0.29, 0.717) is 0 Å². The highest BCUT2D eigenvalue weighted by Gasteiger charge is 2.52. The Morgan fingerprint density at radius 2 is 2.10 bits per heavy atom. The molecule has 6 nitrogen and oxygen atoms in total. The van der Waals surface area contributed by atoms with Crippen LogP contribution >= 0.6 is 0 Å². The van der Waals surface area contributed by atoms with Gasteiger partial charge in [0.15, 0.2) is 0 Å². The number of nitro benzene ring substituents is 1. The summed E-state index contributed by atoms with van der Waals surface area (Å²) in [4.78, 5) is 9.84. The number of hydrogen-bond donors (Lipinski definition) is 2. The van der Waals surface area contributed by atoms with Gasteiger partial charge in [-0.15, -0.1) is 0 Å². The summed E-state index contributed by atoms with van der Waals surface area (Å²) in [6.07, 6.45) is -0.822. The normalized spacial score (nSPS) is 14.7. The second-order valence-electron chi connectivity index (χ2n) is 3.99. The number of hydrogen-bond acceptors (Lipinski definition) is 5. The molecule has 0 saturated carbocycles. The first-order valence-electron chi connectivity index (χ1n) is 5.54. The molecule has 0 aromatic heterocycles. The van der Waals surface area contributed by atoms with E-state index in [1.165, 1.54) is 0 Å². The van der Waals surface area contributed by atoms with E-state index in [0.717, 1.165) is 25.1 Å². The van der Waals surface area contributed by atoms with Gasteiger partial charge in [-0.3, -0.25) is 15.8 Å². The molecule has 0 radical (unpaired) electrons. The maximum Gasteiger partial charge on any atom is 0.311 e. The van der Waals surface area contributed by atoms with Crippen LogP contribution in [0.15, 0.2) is 18.2 Å². The molecule has 0 spiro atoms. The van der Waals surface area contributed by atoms with Crippen LogP contribution in [0.25, 0.3) is 0 Å². The van der Waals surface area contributed by atoms with Gasteiger partial charge in [-0.1, -0.05) is 19.1 Å². The van der Waals surface area contributed by atoms with Gasteiger partial charge >= 0.3 is 5.69 Å². The van der Waals surface area contributed by atoms with Crippen molar-refractivity contribution in [2.45, 2.75) is 25.0 Å². The average molecular weight is 294 g/mol. The summed E-state index contributed by atoms with van der Waals surface area (Å²) in [5, 5.41) is 20.6. The lowest BCUT2D eigenvalue weighted by molar-refractivity contribution is -0.386. The lowest BCUT2D eigenvalue weighted by Crippen LogP contribution is -2.52. The smallest absolute Gasteiger partial charge is 0.311 e. The Hall–Kier alpha value is -1.87. The molecule has 3 N–H and O–H groups in total. The Bertz CT molecular complexity index is 508. The SMILES string of the molecule is CCC(F)(F)[C@](N)(O)c1cccc([N+](=O)[O-])c1OCF. The average Bonchev–Trinajstić information content (AvgIpc) is 2.38. The second kappa shape index (κ2) is 5.63. The number of alkyl halides is 3. The third-order valence-electron chi connectivity index (χ3n) is 2.80. The molecule has 0 saturated heterocycles. The second-order valence-corrected chi connectivity index (χ2v) is 3.99. The lowest BCUT2D eigenvalue weighted by Gasteiger charge is -2.32. The van der Waals surface area contributed by atoms with E-state index in [2.05, 4.69) is 4.74 Å². The first kappa shape index (κ1) is 16.2. The van der Waals surface area contributed by atoms with Crippen molar-refractivity contribution in [2.24, 2.45) is 5.73 Å². The molecular weight excluding hydrogens is 281 g/mol. The van der Waals surface area contributed by atoms with Crippen molar-refractivity contribution in [1.29, 1.82) is 0 Å². The Kier molecular flexibility index (Phi) is 4.56. The van der Waals surface area contributed by atoms with Crippen molar-refractivity contribution in [3.05, 3.63) is 33.9 Å². The molecule has 0 aliphatic rings. The minimum absolute atomic E-state index is 0.754. The fraction of sp³-hybridized carbons (Fsp3) is 0.455. The fourth-order valence-corrected chi connectivity index (χ4v) is 1.64. The van der Waals surface area contributed by atoms with Gasteiger partial charge in [-0.2, -0.15) is 0 Å². The summed E-state index contributed by atoms with van der Waals surface area (Å²) in [6, 6.07) is 2.89. The van der Waals surface area contributed by atoms with Crippen LogP contribution in [0.4, 0.5) is 18.9 Å². The Labute approximate surface area is 112 Å². The van der Waals surface area contributed by atoms with E-state index in [-0.39, 0.29) is 0 Å². The summed E-state index contributed by atoms with van der Waals surface area (Å²) in [6.45, 7) is -0.420. The first-order chi connectivity index (χ1) is 9.19. The molecule has 0 amide bonds. The molecule has 9 heteroatoms. The van der Waals surface area contributed by atoms with Crippen LogP contribution in [-0.2, 0) is 5.72 Å². The fourth-order valence-electron chi connectivity index (χ4n) is 1.64. The molecule has 0 aliphatic heterocycles. The van der Waals surface area contributed by atoms with Crippen LogP contribution in [0.3, 0.4) is 0 Å². The quantitative estimate of drug-likeness (QED) is 0.475. The Balaban J connectivity index is 3.52. The van der Waals surface area contributed by atoms with E-state index >= 15 is 0 Å². The van der Waals surface area contributed by atoms with Crippen LogP contribution in [0.1, 0.15) is 18.9 Å². The van der Waals surface area contributed by atoms with Gasteiger partial charge in [0.25, 0.3) is 5.92 Å². The zero-order chi connectivity index (χ0) is 15.6. The van der Waals surface area contributed by atoms with Crippen molar-refractivity contribution in [3.63, 3.8) is 0 Å². The topological polar surface area (TPSA) is 98.6 Å². The molecule has 1 rings (SSSR count). The minimum Gasteiger partial charge on any atom is -0.455 e. The number of nitrogens with zero attached hydrogens (tertiary/aromatic N) is 1. The molecule has 0 heterocycles. The maximum atomic E-state index is 13.7. The summed E-state index contributed by atoms with van der Waals surface area (Å²) in [5.74, 6) is -4.60. The molecule has 1 aromatic rings. The first-order valence-corrected chi connectivity index (χ1v) is 5.54. The molecule has 1 atom stereocenters. The van der Waals surface area contributed by atoms with Gasteiger partial charge in [-0.05, 0) is 0 Å². The number of ether oxygens (including phenoxy) is 1. The molecule has 0 unspecified atom stereocenters. The number of nitrogens with two attached hydrogens (primary N) is 1. The Morgan fingerprint density at radius 3 is 2.55 bits per heavy atom. The van der Waals surface area contributed by atoms with Gasteiger partial charge in [0.05, 0.1) is 10.5 Å². The number of para-hydroxylation sites is 1. The lowest BCUT2D eigenvalue weighted by atomic mass is 9.93. The van der Waals surface area contributed by atoms with Crippen LogP contribution in [-0.4, -0.2) is 22.8 Å². The van der Waals surface area contributed by atoms with E-state index in [4.69, 9.17) is 5.73 Å². The Morgan fingerprint density at radius 1 is 1.50 bits per heavy atom. The maximum absolute atomic E-state index is 13.7. The highest BCUT2D eigenvalue weighted by Crippen LogP contribution is 2.43. The predicted octanol–water partition coefficient (Wildman–Crippen LogP) is 2.05. The van der Waals surface area contributed by atoms with Crippen molar-refractivity contribution in [3.8, 4) is 5.75 Å². The summed E-state index contributed by atoms with van der Waals surface area (Å²) in [7, 11) is 0. The third-order valence-corrected chi connectivity index (χ3v) is 2.80. The minimum atomic E-state index is -3.78. The van der Waals surface area contributed by atoms with Gasteiger partial charge in [0.1, 0.15) is 0 Å². The highest BCUT2D eigenvalue weighted by atomic mass is 19.3. The van der Waals surface area contributed by atoms with Crippen LogP contribution in [0, 0.1) is 10.1 Å². The van der Waals surface area contributed by atoms with Crippen molar-refractivity contribution in [1.82, 2.24) is 0 Å². The summed E-state index contributed by atoms with van der Waals surface area (Å²) < 4.78 is 44.0. The van der Waals surface area contributed by atoms with E-state index in [1.54, 1.807) is 0 Å². The van der Waals surface area contributed by atoms with Crippen LogP contribution in [0.5, 0.6) is 5.75 Å². The third kappa shape index (κ3) is 2.68. The zero-order valence-corrected chi connectivity index (χ0v) is 10.5. The van der Waals surface area contributed by atoms with Gasteiger partial charge in [-0.25, -0.2) is 13.2 Å². The standard InChI is InChI=1S/C11H13F3N2O4/c1-2-10(13,14)11(15,17)7-4-3-5-8(16(18)19)9(7)20-6-12/h3-5,17H,2,6,15H2,1H3/t11-/m1/s1. The van der Waals surface area contributed by atoms with Gasteiger partial charge in [0.2, 0.25) is 18.3 Å². The highest BCUT2D eigenvalue weighted by molar-refractivity contribution is 5.54. The molecule has 0 aliphatic carbocycles. The molecule has 0 bridgehead atoms. The molecule has 0 fully saturated rings. The molecule has 1 aromatic carbocycles. The largest absolute Gasteiger partial charge is 0.455 e. The van der Waals surface area contributed by atoms with Gasteiger partial charge < -0.3 is 9.84 Å². The van der Waals surface area contributed by atoms with E-state index in [1.807, 2.05) is 0 Å². The molecular formula is C11H13F3N2O4. The van der Waals surface area contributed by atoms with E-state index in [9.17, 15) is 28.4 Å². The van der Waals surface area contributed by atoms with Crippen molar-refractivity contribution >= 4 is 5.69 Å². The number of halogens is 3. The zero-order valence-electron chi connectivity index (χ0n) is 10.5. The van der Waals surface area contributed by atoms with Crippen molar-refractivity contribution < 1.29 is 27.9 Å². The van der Waals surface area contributed by atoms with Gasteiger partial charge in [0, 0.05) is 12.5 Å². The van der Waals surface area contributed by atoms with Crippen molar-refractivity contribution in [2.75, 3.05) is 6.86 Å². The summed E-state index contributed by atoms with van der Waals surface area (Å²) >= 11 is 0. The summed E-state index contributed by atoms with van der Waals surface area (Å²) in [5.41, 5.74) is 0.462. The van der Waals surface area contributed by atoms with Crippen LogP contribution < -0.4 is 10.5 Å². The molecule has 112 valence electrons.